The van der Waals surface area contributed by atoms with Crippen LogP contribution < -0.4 is 4.74 Å². The average molecular weight is 287 g/mol. The van der Waals surface area contributed by atoms with Crippen LogP contribution in [-0.2, 0) is 6.54 Å². The minimum Gasteiger partial charge on any atom is -0.508 e. The molecular weight excluding hydrogens is 270 g/mol. The largest absolute Gasteiger partial charge is 0.508 e. The lowest BCUT2D eigenvalue weighted by Gasteiger charge is -2.18. The maximum Gasteiger partial charge on any atom is 0.254 e. The number of carbonyl (C=O) groups excluding carboxylic acids is 1. The zero-order valence-electron chi connectivity index (χ0n) is 11.9. The Labute approximate surface area is 123 Å². The summed E-state index contributed by atoms with van der Waals surface area (Å²) in [5.41, 5.74) is 1.16. The van der Waals surface area contributed by atoms with Gasteiger partial charge < -0.3 is 19.8 Å². The number of benzene rings is 2. The first-order valence-electron chi connectivity index (χ1n) is 6.41. The number of carbonyl (C=O) groups is 1. The van der Waals surface area contributed by atoms with E-state index in [9.17, 15) is 15.0 Å². The van der Waals surface area contributed by atoms with Gasteiger partial charge in [-0.1, -0.05) is 12.1 Å². The Kier molecular flexibility index (Phi) is 4.33. The molecule has 0 radical (unpaired) electrons. The van der Waals surface area contributed by atoms with Crippen LogP contribution in [-0.4, -0.2) is 35.2 Å². The maximum atomic E-state index is 12.3. The minimum atomic E-state index is -0.288. The van der Waals surface area contributed by atoms with E-state index in [1.165, 1.54) is 23.1 Å². The summed E-state index contributed by atoms with van der Waals surface area (Å²) in [5.74, 6) is 0.147. The Bertz CT molecular complexity index is 634. The van der Waals surface area contributed by atoms with E-state index in [0.717, 1.165) is 11.3 Å². The van der Waals surface area contributed by atoms with E-state index in [1.807, 2.05) is 24.3 Å². The molecule has 0 fully saturated rings. The number of rotatable bonds is 4. The van der Waals surface area contributed by atoms with Crippen LogP contribution in [0.25, 0.3) is 0 Å². The number of amides is 1. The normalized spacial score (nSPS) is 10.2. The second-order valence-electron chi connectivity index (χ2n) is 4.75. The second-order valence-corrected chi connectivity index (χ2v) is 4.75. The zero-order chi connectivity index (χ0) is 15.4. The van der Waals surface area contributed by atoms with Crippen molar-refractivity contribution < 1.29 is 19.7 Å². The highest BCUT2D eigenvalue weighted by atomic mass is 16.5. The van der Waals surface area contributed by atoms with Gasteiger partial charge >= 0.3 is 0 Å². The van der Waals surface area contributed by atoms with Crippen molar-refractivity contribution in [2.75, 3.05) is 14.2 Å². The molecule has 2 rings (SSSR count). The fourth-order valence-electron chi connectivity index (χ4n) is 2.06. The van der Waals surface area contributed by atoms with E-state index in [1.54, 1.807) is 14.2 Å². The van der Waals surface area contributed by atoms with Gasteiger partial charge in [0, 0.05) is 25.2 Å². The molecule has 0 atom stereocenters. The molecule has 0 unspecified atom stereocenters. The van der Waals surface area contributed by atoms with E-state index in [-0.39, 0.29) is 23.0 Å². The molecule has 0 aliphatic rings. The van der Waals surface area contributed by atoms with Gasteiger partial charge in [-0.25, -0.2) is 0 Å². The van der Waals surface area contributed by atoms with E-state index >= 15 is 0 Å². The summed E-state index contributed by atoms with van der Waals surface area (Å²) in [7, 11) is 3.24. The smallest absolute Gasteiger partial charge is 0.254 e. The Morgan fingerprint density at radius 3 is 2.43 bits per heavy atom. The van der Waals surface area contributed by atoms with Crippen molar-refractivity contribution in [2.24, 2.45) is 0 Å². The molecule has 5 heteroatoms. The van der Waals surface area contributed by atoms with Gasteiger partial charge in [-0.2, -0.15) is 0 Å². The van der Waals surface area contributed by atoms with Crippen LogP contribution in [0.4, 0.5) is 0 Å². The molecule has 5 nitrogen and oxygen atoms in total. The van der Waals surface area contributed by atoms with Gasteiger partial charge in [0.1, 0.15) is 17.2 Å². The SMILES string of the molecule is COc1cccc(CN(C)C(=O)c2cc(O)cc(O)c2)c1. The van der Waals surface area contributed by atoms with Gasteiger partial charge in [-0.05, 0) is 29.8 Å². The predicted octanol–water partition coefficient (Wildman–Crippen LogP) is 2.38. The first kappa shape index (κ1) is 14.7. The van der Waals surface area contributed by atoms with Crippen LogP contribution in [0.5, 0.6) is 17.2 Å². The molecule has 2 N–H and O–H groups in total. The Morgan fingerprint density at radius 2 is 1.81 bits per heavy atom. The second kappa shape index (κ2) is 6.17. The van der Waals surface area contributed by atoms with Crippen molar-refractivity contribution in [2.45, 2.75) is 6.54 Å². The lowest BCUT2D eigenvalue weighted by Crippen LogP contribution is -2.26. The molecule has 0 saturated heterocycles. The summed E-state index contributed by atoms with van der Waals surface area (Å²) >= 11 is 0. The van der Waals surface area contributed by atoms with Crippen molar-refractivity contribution in [1.29, 1.82) is 0 Å². The van der Waals surface area contributed by atoms with Crippen LogP contribution in [0, 0.1) is 0 Å². The summed E-state index contributed by atoms with van der Waals surface area (Å²) in [6, 6.07) is 11.3. The summed E-state index contributed by atoms with van der Waals surface area (Å²) in [4.78, 5) is 13.8. The molecule has 0 aliphatic heterocycles. The topological polar surface area (TPSA) is 70.0 Å². The van der Waals surface area contributed by atoms with E-state index in [4.69, 9.17) is 4.74 Å². The fraction of sp³-hybridized carbons (Fsp3) is 0.188. The Hall–Kier alpha value is -2.69. The molecular formula is C16H17NO4. The standard InChI is InChI=1S/C16H17NO4/c1-17(10-11-4-3-5-15(6-11)21-2)16(20)12-7-13(18)9-14(19)8-12/h3-9,18-19H,10H2,1-2H3. The quantitative estimate of drug-likeness (QED) is 0.905. The zero-order valence-corrected chi connectivity index (χ0v) is 11.9. The highest BCUT2D eigenvalue weighted by molar-refractivity contribution is 5.94. The number of methoxy groups -OCH3 is 1. The highest BCUT2D eigenvalue weighted by Gasteiger charge is 2.14. The maximum absolute atomic E-state index is 12.3. The number of hydrogen-bond donors (Lipinski definition) is 2. The first-order chi connectivity index (χ1) is 9.99. The van der Waals surface area contributed by atoms with Gasteiger partial charge in [-0.15, -0.1) is 0 Å². The lowest BCUT2D eigenvalue weighted by atomic mass is 10.1. The van der Waals surface area contributed by atoms with Gasteiger partial charge in [-0.3, -0.25) is 4.79 Å². The van der Waals surface area contributed by atoms with Crippen LogP contribution >= 0.6 is 0 Å². The lowest BCUT2D eigenvalue weighted by molar-refractivity contribution is 0.0784. The highest BCUT2D eigenvalue weighted by Crippen LogP contribution is 2.22. The monoisotopic (exact) mass is 287 g/mol. The third-order valence-electron chi connectivity index (χ3n) is 3.05. The van der Waals surface area contributed by atoms with Crippen LogP contribution in [0.15, 0.2) is 42.5 Å². The Morgan fingerprint density at radius 1 is 1.14 bits per heavy atom. The average Bonchev–Trinajstić information content (AvgIpc) is 2.45. The van der Waals surface area contributed by atoms with Crippen LogP contribution in [0.1, 0.15) is 15.9 Å². The fourth-order valence-corrected chi connectivity index (χ4v) is 2.06. The van der Waals surface area contributed by atoms with Crippen molar-refractivity contribution in [3.63, 3.8) is 0 Å². The van der Waals surface area contributed by atoms with Gasteiger partial charge in [0.25, 0.3) is 5.91 Å². The van der Waals surface area contributed by atoms with Gasteiger partial charge in [0.2, 0.25) is 0 Å². The molecule has 0 spiro atoms. The number of phenols is 2. The summed E-state index contributed by atoms with van der Waals surface area (Å²) in [6.45, 7) is 0.395. The summed E-state index contributed by atoms with van der Waals surface area (Å²) in [5, 5.41) is 18.9. The van der Waals surface area contributed by atoms with Gasteiger partial charge in [0.05, 0.1) is 7.11 Å². The van der Waals surface area contributed by atoms with E-state index in [0.29, 0.717) is 6.54 Å². The third kappa shape index (κ3) is 3.66. The van der Waals surface area contributed by atoms with Gasteiger partial charge in [0.15, 0.2) is 0 Å². The van der Waals surface area contributed by atoms with Crippen LogP contribution in [0.2, 0.25) is 0 Å². The van der Waals surface area contributed by atoms with Crippen molar-refractivity contribution in [3.8, 4) is 17.2 Å². The molecule has 0 bridgehead atoms. The number of phenolic OH excluding ortho intramolecular Hbond substituents is 2. The number of hydrogen-bond acceptors (Lipinski definition) is 4. The molecule has 110 valence electrons. The molecule has 1 amide bonds. The molecule has 2 aromatic rings. The Balaban J connectivity index is 2.15. The first-order valence-corrected chi connectivity index (χ1v) is 6.41. The van der Waals surface area contributed by atoms with Crippen molar-refractivity contribution >= 4 is 5.91 Å². The minimum absolute atomic E-state index is 0.145. The number of ether oxygens (including phenoxy) is 1. The molecule has 0 aliphatic carbocycles. The molecule has 2 aromatic carbocycles. The van der Waals surface area contributed by atoms with Crippen molar-refractivity contribution in [3.05, 3.63) is 53.6 Å². The summed E-state index contributed by atoms with van der Waals surface area (Å²) in [6.07, 6.45) is 0. The third-order valence-corrected chi connectivity index (χ3v) is 3.05. The number of aromatic hydroxyl groups is 2. The van der Waals surface area contributed by atoms with E-state index in [2.05, 4.69) is 0 Å². The molecule has 21 heavy (non-hydrogen) atoms. The molecule has 0 aromatic heterocycles. The number of nitrogens with zero attached hydrogens (tertiary/aromatic N) is 1. The van der Waals surface area contributed by atoms with E-state index < -0.39 is 0 Å². The summed E-state index contributed by atoms with van der Waals surface area (Å²) < 4.78 is 5.14. The predicted molar refractivity (Wildman–Crippen MR) is 78.6 cm³/mol. The van der Waals surface area contributed by atoms with Crippen LogP contribution in [0.3, 0.4) is 0 Å². The molecule has 0 heterocycles. The molecule has 0 saturated carbocycles. The van der Waals surface area contributed by atoms with Crippen molar-refractivity contribution in [1.82, 2.24) is 4.90 Å².